The zero-order valence-corrected chi connectivity index (χ0v) is 9.31. The summed E-state index contributed by atoms with van der Waals surface area (Å²) in [5.41, 5.74) is -0.0862. The average Bonchev–Trinajstić information content (AvgIpc) is 2.68. The van der Waals surface area contributed by atoms with Gasteiger partial charge in [-0.2, -0.15) is 0 Å². The van der Waals surface area contributed by atoms with Crippen LogP contribution in [0.25, 0.3) is 0 Å². The summed E-state index contributed by atoms with van der Waals surface area (Å²) >= 11 is 0. The molecule has 0 saturated carbocycles. The number of hydrogen-bond acceptors (Lipinski definition) is 4. The number of carbonyl (C=O) groups excluding carboxylic acids is 1. The van der Waals surface area contributed by atoms with Crippen LogP contribution < -0.4 is 4.90 Å². The molecule has 0 aromatic heterocycles. The van der Waals surface area contributed by atoms with Crippen molar-refractivity contribution >= 4 is 17.7 Å². The molecular weight excluding hydrogens is 246 g/mol. The van der Waals surface area contributed by atoms with Gasteiger partial charge in [-0.25, -0.2) is 8.78 Å². The molecule has 2 rings (SSSR count). The second-order valence-electron chi connectivity index (χ2n) is 4.15. The molecule has 0 amide bonds. The van der Waals surface area contributed by atoms with E-state index in [1.807, 2.05) is 0 Å². The van der Waals surface area contributed by atoms with Gasteiger partial charge in [-0.05, 0) is 12.1 Å². The van der Waals surface area contributed by atoms with Gasteiger partial charge < -0.3 is 4.90 Å². The van der Waals surface area contributed by atoms with Crippen LogP contribution in [0.1, 0.15) is 16.8 Å². The van der Waals surface area contributed by atoms with Crippen molar-refractivity contribution in [1.82, 2.24) is 0 Å². The molecule has 0 unspecified atom stereocenters. The summed E-state index contributed by atoms with van der Waals surface area (Å²) in [6, 6.07) is 3.88. The van der Waals surface area contributed by atoms with Gasteiger partial charge >= 0.3 is 0 Å². The van der Waals surface area contributed by atoms with Gasteiger partial charge in [0.25, 0.3) is 11.6 Å². The SMILES string of the molecule is O=Cc1ccc(N2CCC(F)(F)C2)cc1[N+](=O)[O-]. The molecule has 1 aliphatic rings. The van der Waals surface area contributed by atoms with E-state index in [2.05, 4.69) is 0 Å². The summed E-state index contributed by atoms with van der Waals surface area (Å²) in [6.07, 6.45) is 0.108. The summed E-state index contributed by atoms with van der Waals surface area (Å²) in [4.78, 5) is 22.1. The fourth-order valence-corrected chi connectivity index (χ4v) is 1.94. The van der Waals surface area contributed by atoms with E-state index in [-0.39, 0.29) is 24.2 Å². The third kappa shape index (κ3) is 2.29. The number of nitro benzene ring substituents is 1. The minimum absolute atomic E-state index is 0.0605. The largest absolute Gasteiger partial charge is 0.365 e. The van der Waals surface area contributed by atoms with Crippen LogP contribution in [0.3, 0.4) is 0 Å². The van der Waals surface area contributed by atoms with Crippen LogP contribution in [-0.4, -0.2) is 30.2 Å². The summed E-state index contributed by atoms with van der Waals surface area (Å²) < 4.78 is 26.1. The number of nitro groups is 1. The molecule has 1 aromatic carbocycles. The maximum atomic E-state index is 13.1. The van der Waals surface area contributed by atoms with Gasteiger partial charge in [-0.3, -0.25) is 14.9 Å². The lowest BCUT2D eigenvalue weighted by Crippen LogP contribution is -2.24. The first-order chi connectivity index (χ1) is 8.43. The number of hydrogen-bond donors (Lipinski definition) is 0. The molecule has 0 N–H and O–H groups in total. The van der Waals surface area contributed by atoms with Gasteiger partial charge in [0.1, 0.15) is 0 Å². The second-order valence-corrected chi connectivity index (χ2v) is 4.15. The van der Waals surface area contributed by atoms with Crippen LogP contribution in [0.15, 0.2) is 18.2 Å². The Hall–Kier alpha value is -2.05. The Morgan fingerprint density at radius 3 is 2.67 bits per heavy atom. The number of halogens is 2. The highest BCUT2D eigenvalue weighted by atomic mass is 19.3. The van der Waals surface area contributed by atoms with Crippen LogP contribution in [0.2, 0.25) is 0 Å². The highest BCUT2D eigenvalue weighted by Gasteiger charge is 2.38. The van der Waals surface area contributed by atoms with Crippen LogP contribution in [-0.2, 0) is 0 Å². The van der Waals surface area contributed by atoms with E-state index < -0.39 is 17.4 Å². The monoisotopic (exact) mass is 256 g/mol. The van der Waals surface area contributed by atoms with Gasteiger partial charge in [0.2, 0.25) is 0 Å². The molecular formula is C11H10F2N2O3. The second kappa shape index (κ2) is 4.32. The molecule has 7 heteroatoms. The first kappa shape index (κ1) is 12.4. The molecule has 96 valence electrons. The predicted octanol–water partition coefficient (Wildman–Crippen LogP) is 2.25. The molecule has 0 spiro atoms. The fraction of sp³-hybridized carbons (Fsp3) is 0.364. The Morgan fingerprint density at radius 1 is 1.44 bits per heavy atom. The average molecular weight is 256 g/mol. The van der Waals surface area contributed by atoms with Crippen LogP contribution in [0.5, 0.6) is 0 Å². The van der Waals surface area contributed by atoms with Crippen molar-refractivity contribution < 1.29 is 18.5 Å². The molecule has 1 aliphatic heterocycles. The van der Waals surface area contributed by atoms with Crippen molar-refractivity contribution in [3.8, 4) is 0 Å². The Morgan fingerprint density at radius 2 is 2.17 bits per heavy atom. The molecule has 18 heavy (non-hydrogen) atoms. The Kier molecular flexibility index (Phi) is 2.98. The Bertz CT molecular complexity index is 505. The number of carbonyl (C=O) groups is 1. The lowest BCUT2D eigenvalue weighted by molar-refractivity contribution is -0.385. The van der Waals surface area contributed by atoms with Crippen molar-refractivity contribution in [2.45, 2.75) is 12.3 Å². The third-order valence-corrected chi connectivity index (χ3v) is 2.87. The van der Waals surface area contributed by atoms with Gasteiger partial charge in [0.15, 0.2) is 6.29 Å². The van der Waals surface area contributed by atoms with E-state index in [0.717, 1.165) is 6.07 Å². The molecule has 1 aromatic rings. The van der Waals surface area contributed by atoms with E-state index in [9.17, 15) is 23.7 Å². The highest BCUT2D eigenvalue weighted by molar-refractivity contribution is 5.83. The van der Waals surface area contributed by atoms with Crippen molar-refractivity contribution in [2.75, 3.05) is 18.0 Å². The van der Waals surface area contributed by atoms with Gasteiger partial charge in [-0.15, -0.1) is 0 Å². The third-order valence-electron chi connectivity index (χ3n) is 2.87. The lowest BCUT2D eigenvalue weighted by atomic mass is 10.1. The quantitative estimate of drug-likeness (QED) is 0.472. The fourth-order valence-electron chi connectivity index (χ4n) is 1.94. The molecule has 0 bridgehead atoms. The number of anilines is 1. The number of aldehydes is 1. The van der Waals surface area contributed by atoms with E-state index in [1.165, 1.54) is 17.0 Å². The van der Waals surface area contributed by atoms with E-state index in [4.69, 9.17) is 0 Å². The number of rotatable bonds is 3. The smallest absolute Gasteiger partial charge is 0.281 e. The molecule has 0 radical (unpaired) electrons. The normalized spacial score (nSPS) is 17.8. The van der Waals surface area contributed by atoms with Crippen LogP contribution in [0, 0.1) is 10.1 Å². The van der Waals surface area contributed by atoms with Gasteiger partial charge in [0.05, 0.1) is 17.0 Å². The molecule has 1 fully saturated rings. The highest BCUT2D eigenvalue weighted by Crippen LogP contribution is 2.33. The van der Waals surface area contributed by atoms with Crippen molar-refractivity contribution in [3.63, 3.8) is 0 Å². The molecule has 0 aliphatic carbocycles. The zero-order chi connectivity index (χ0) is 13.3. The summed E-state index contributed by atoms with van der Waals surface area (Å²) in [6.45, 7) is -0.310. The number of alkyl halides is 2. The molecule has 1 heterocycles. The minimum Gasteiger partial charge on any atom is -0.365 e. The predicted molar refractivity (Wildman–Crippen MR) is 60.3 cm³/mol. The van der Waals surface area contributed by atoms with Gasteiger partial charge in [0, 0.05) is 24.7 Å². The summed E-state index contributed by atoms with van der Waals surface area (Å²) in [5.74, 6) is -2.77. The maximum Gasteiger partial charge on any atom is 0.281 e. The van der Waals surface area contributed by atoms with Crippen molar-refractivity contribution in [3.05, 3.63) is 33.9 Å². The summed E-state index contributed by atoms with van der Waals surface area (Å²) in [7, 11) is 0. The molecule has 5 nitrogen and oxygen atoms in total. The van der Waals surface area contributed by atoms with Crippen molar-refractivity contribution in [1.29, 1.82) is 0 Å². The summed E-state index contributed by atoms with van der Waals surface area (Å²) in [5, 5.41) is 10.8. The van der Waals surface area contributed by atoms with E-state index in [0.29, 0.717) is 12.0 Å². The molecule has 1 saturated heterocycles. The standard InChI is InChI=1S/C11H10F2N2O3/c12-11(13)3-4-14(7-11)9-2-1-8(6-16)10(5-9)15(17)18/h1-2,5-6H,3-4,7H2. The molecule has 0 atom stereocenters. The zero-order valence-electron chi connectivity index (χ0n) is 9.31. The number of nitrogens with zero attached hydrogens (tertiary/aromatic N) is 2. The van der Waals surface area contributed by atoms with Crippen LogP contribution in [0.4, 0.5) is 20.2 Å². The topological polar surface area (TPSA) is 63.5 Å². The lowest BCUT2D eigenvalue weighted by Gasteiger charge is -2.18. The minimum atomic E-state index is -2.77. The van der Waals surface area contributed by atoms with Crippen molar-refractivity contribution in [2.24, 2.45) is 0 Å². The number of benzene rings is 1. The van der Waals surface area contributed by atoms with Crippen LogP contribution >= 0.6 is 0 Å². The first-order valence-electron chi connectivity index (χ1n) is 5.29. The Balaban J connectivity index is 2.33. The maximum absolute atomic E-state index is 13.1. The van der Waals surface area contributed by atoms with E-state index >= 15 is 0 Å². The first-order valence-corrected chi connectivity index (χ1v) is 5.29. The Labute approximate surface area is 101 Å². The van der Waals surface area contributed by atoms with E-state index in [1.54, 1.807) is 0 Å². The van der Waals surface area contributed by atoms with Gasteiger partial charge in [-0.1, -0.05) is 0 Å².